The van der Waals surface area contributed by atoms with Crippen molar-refractivity contribution in [2.45, 2.75) is 25.7 Å². The highest BCUT2D eigenvalue weighted by molar-refractivity contribution is 7.52. The summed E-state index contributed by atoms with van der Waals surface area (Å²) in [6.45, 7) is 2.74. The van der Waals surface area contributed by atoms with E-state index in [0.717, 1.165) is 0 Å². The SMILES string of the molecule is CC(N(C)[C@@H](C)C(=O)NO)P(=O)(O)O. The Hall–Kier alpha value is -0.460. The lowest BCUT2D eigenvalue weighted by atomic mass is 10.3. The van der Waals surface area contributed by atoms with Crippen molar-refractivity contribution in [3.8, 4) is 0 Å². The van der Waals surface area contributed by atoms with Crippen molar-refractivity contribution in [3.05, 3.63) is 0 Å². The average molecular weight is 226 g/mol. The number of likely N-dealkylation sites (N-methyl/N-ethyl adjacent to an activating group) is 1. The number of nitrogens with zero attached hydrogens (tertiary/aromatic N) is 1. The van der Waals surface area contributed by atoms with Crippen LogP contribution in [-0.2, 0) is 9.36 Å². The second-order valence-corrected chi connectivity index (χ2v) is 4.96. The summed E-state index contributed by atoms with van der Waals surface area (Å²) < 4.78 is 10.8. The minimum atomic E-state index is -4.25. The normalized spacial score (nSPS) is 16.5. The fraction of sp³-hybridized carbons (Fsp3) is 0.833. The Morgan fingerprint density at radius 3 is 2.14 bits per heavy atom. The summed E-state index contributed by atoms with van der Waals surface area (Å²) in [7, 11) is -2.86. The second kappa shape index (κ2) is 4.86. The van der Waals surface area contributed by atoms with Gasteiger partial charge in [0.2, 0.25) is 0 Å². The Labute approximate surface area is 81.8 Å². The molecule has 0 aromatic rings. The molecule has 0 spiro atoms. The highest BCUT2D eigenvalue weighted by Crippen LogP contribution is 2.42. The first-order valence-electron chi connectivity index (χ1n) is 3.93. The molecule has 2 atom stereocenters. The van der Waals surface area contributed by atoms with Gasteiger partial charge in [-0.1, -0.05) is 0 Å². The summed E-state index contributed by atoms with van der Waals surface area (Å²) in [5, 5.41) is 8.32. The Morgan fingerprint density at radius 1 is 1.43 bits per heavy atom. The van der Waals surface area contributed by atoms with Crippen LogP contribution in [0.3, 0.4) is 0 Å². The number of hydrogen-bond acceptors (Lipinski definition) is 4. The summed E-state index contributed by atoms with van der Waals surface area (Å²) >= 11 is 0. The first kappa shape index (κ1) is 13.5. The Balaban J connectivity index is 4.55. The van der Waals surface area contributed by atoms with Gasteiger partial charge in [0, 0.05) is 0 Å². The van der Waals surface area contributed by atoms with Gasteiger partial charge in [-0.2, -0.15) is 0 Å². The molecule has 0 saturated heterocycles. The van der Waals surface area contributed by atoms with Crippen molar-refractivity contribution < 1.29 is 24.4 Å². The summed E-state index contributed by atoms with van der Waals surface area (Å²) in [6.07, 6.45) is 0. The standard InChI is InChI=1S/C6H15N2O5P/c1-4(6(9)7-10)8(3)5(2)14(11,12)13/h4-5,10H,1-3H3,(H,7,9)(H2,11,12,13)/t4-,5?/m0/s1. The van der Waals surface area contributed by atoms with E-state index in [9.17, 15) is 9.36 Å². The number of carbonyl (C=O) groups excluding carboxylic acids is 1. The van der Waals surface area contributed by atoms with Gasteiger partial charge in [-0.05, 0) is 20.9 Å². The molecule has 0 aliphatic rings. The van der Waals surface area contributed by atoms with E-state index >= 15 is 0 Å². The third kappa shape index (κ3) is 3.36. The quantitative estimate of drug-likeness (QED) is 0.287. The maximum Gasteiger partial charge on any atom is 0.342 e. The van der Waals surface area contributed by atoms with Crippen LogP contribution in [0.5, 0.6) is 0 Å². The molecule has 7 nitrogen and oxygen atoms in total. The van der Waals surface area contributed by atoms with Crippen LogP contribution in [0.2, 0.25) is 0 Å². The fourth-order valence-corrected chi connectivity index (χ4v) is 1.51. The Morgan fingerprint density at radius 2 is 1.86 bits per heavy atom. The molecule has 0 aliphatic carbocycles. The summed E-state index contributed by atoms with van der Waals surface area (Å²) in [6, 6.07) is -0.817. The number of hydroxylamine groups is 1. The fourth-order valence-electron chi connectivity index (χ4n) is 0.839. The monoisotopic (exact) mass is 226 g/mol. The second-order valence-electron chi connectivity index (χ2n) is 3.04. The first-order chi connectivity index (χ1) is 6.21. The predicted octanol–water partition coefficient (Wildman–Crippen LogP) is -0.664. The molecule has 0 aromatic carbocycles. The number of hydrogen-bond donors (Lipinski definition) is 4. The molecule has 0 bridgehead atoms. The molecule has 0 aliphatic heterocycles. The predicted molar refractivity (Wildman–Crippen MR) is 48.7 cm³/mol. The molecule has 1 amide bonds. The molecule has 4 N–H and O–H groups in total. The van der Waals surface area contributed by atoms with E-state index in [2.05, 4.69) is 0 Å². The Bertz CT molecular complexity index is 253. The van der Waals surface area contributed by atoms with Crippen LogP contribution in [0.15, 0.2) is 0 Å². The van der Waals surface area contributed by atoms with Crippen LogP contribution in [-0.4, -0.2) is 44.7 Å². The maximum atomic E-state index is 10.9. The van der Waals surface area contributed by atoms with Crippen molar-refractivity contribution in [2.24, 2.45) is 0 Å². The van der Waals surface area contributed by atoms with Gasteiger partial charge in [-0.3, -0.25) is 19.5 Å². The van der Waals surface area contributed by atoms with Crippen LogP contribution in [0.1, 0.15) is 13.8 Å². The number of rotatable bonds is 4. The molecule has 84 valence electrons. The molecular formula is C6H15N2O5P. The minimum Gasteiger partial charge on any atom is -0.323 e. The van der Waals surface area contributed by atoms with E-state index in [1.807, 2.05) is 0 Å². The van der Waals surface area contributed by atoms with E-state index < -0.39 is 25.3 Å². The molecule has 0 fully saturated rings. The zero-order chi connectivity index (χ0) is 11.5. The van der Waals surface area contributed by atoms with Crippen molar-refractivity contribution >= 4 is 13.5 Å². The van der Waals surface area contributed by atoms with E-state index in [0.29, 0.717) is 0 Å². The van der Waals surface area contributed by atoms with Gasteiger partial charge in [0.05, 0.1) is 6.04 Å². The zero-order valence-corrected chi connectivity index (χ0v) is 9.10. The lowest BCUT2D eigenvalue weighted by Crippen LogP contribution is -2.45. The van der Waals surface area contributed by atoms with Crippen LogP contribution in [0, 0.1) is 0 Å². The third-order valence-corrected chi connectivity index (χ3v) is 3.51. The molecule has 0 radical (unpaired) electrons. The highest BCUT2D eigenvalue weighted by atomic mass is 31.2. The van der Waals surface area contributed by atoms with E-state index in [1.165, 1.54) is 31.3 Å². The van der Waals surface area contributed by atoms with Crippen molar-refractivity contribution in [2.75, 3.05) is 7.05 Å². The molecule has 0 saturated carbocycles. The Kier molecular flexibility index (Phi) is 4.70. The molecule has 0 aromatic heterocycles. The lowest BCUT2D eigenvalue weighted by molar-refractivity contribution is -0.134. The van der Waals surface area contributed by atoms with Crippen molar-refractivity contribution in [3.63, 3.8) is 0 Å². The zero-order valence-electron chi connectivity index (χ0n) is 8.21. The van der Waals surface area contributed by atoms with Crippen molar-refractivity contribution in [1.82, 2.24) is 10.4 Å². The smallest absolute Gasteiger partial charge is 0.323 e. The number of nitrogens with one attached hydrogen (secondary N) is 1. The van der Waals surface area contributed by atoms with E-state index in [4.69, 9.17) is 15.0 Å². The van der Waals surface area contributed by atoms with Gasteiger partial charge < -0.3 is 9.79 Å². The number of amides is 1. The molecular weight excluding hydrogens is 211 g/mol. The molecule has 1 unspecified atom stereocenters. The average Bonchev–Trinajstić information content (AvgIpc) is 2.11. The summed E-state index contributed by atoms with van der Waals surface area (Å²) in [5.41, 5.74) is 1.42. The topological polar surface area (TPSA) is 110 Å². The minimum absolute atomic E-state index is 0.715. The van der Waals surface area contributed by atoms with Crippen LogP contribution >= 0.6 is 7.60 Å². The maximum absolute atomic E-state index is 10.9. The van der Waals surface area contributed by atoms with Gasteiger partial charge in [0.25, 0.3) is 5.91 Å². The molecule has 0 rings (SSSR count). The van der Waals surface area contributed by atoms with Crippen LogP contribution < -0.4 is 5.48 Å². The molecule has 8 heteroatoms. The van der Waals surface area contributed by atoms with Crippen molar-refractivity contribution in [1.29, 1.82) is 0 Å². The lowest BCUT2D eigenvalue weighted by Gasteiger charge is -2.29. The number of carbonyl (C=O) groups is 1. The van der Waals surface area contributed by atoms with E-state index in [-0.39, 0.29) is 0 Å². The van der Waals surface area contributed by atoms with E-state index in [1.54, 1.807) is 0 Å². The van der Waals surface area contributed by atoms with Gasteiger partial charge in [0.15, 0.2) is 0 Å². The largest absolute Gasteiger partial charge is 0.342 e. The van der Waals surface area contributed by atoms with Gasteiger partial charge in [-0.15, -0.1) is 0 Å². The molecule has 0 heterocycles. The van der Waals surface area contributed by atoms with Crippen LogP contribution in [0.25, 0.3) is 0 Å². The third-order valence-electron chi connectivity index (χ3n) is 2.18. The van der Waals surface area contributed by atoms with Gasteiger partial charge in [0.1, 0.15) is 5.78 Å². The first-order valence-corrected chi connectivity index (χ1v) is 5.61. The highest BCUT2D eigenvalue weighted by Gasteiger charge is 2.32. The summed E-state index contributed by atoms with van der Waals surface area (Å²) in [4.78, 5) is 29.8. The van der Waals surface area contributed by atoms with Crippen LogP contribution in [0.4, 0.5) is 0 Å². The van der Waals surface area contributed by atoms with Gasteiger partial charge >= 0.3 is 7.60 Å². The molecule has 14 heavy (non-hydrogen) atoms. The summed E-state index contributed by atoms with van der Waals surface area (Å²) in [5.74, 6) is -1.79. The van der Waals surface area contributed by atoms with Gasteiger partial charge in [-0.25, -0.2) is 5.48 Å².